The first-order valence-electron chi connectivity index (χ1n) is 6.15. The molecule has 0 fully saturated rings. The first-order chi connectivity index (χ1) is 8.40. The van der Waals surface area contributed by atoms with Gasteiger partial charge in [0.25, 0.3) is 0 Å². The maximum Gasteiger partial charge on any atom is 0.0662 e. The van der Waals surface area contributed by atoms with Crippen molar-refractivity contribution >= 4 is 0 Å². The Kier molecular flexibility index (Phi) is 4.33. The summed E-state index contributed by atoms with van der Waals surface area (Å²) in [4.78, 5) is 0. The number of benzene rings is 1. The Hall–Kier alpha value is -1.61. The lowest BCUT2D eigenvalue weighted by Crippen LogP contribution is -2.15. The zero-order valence-electron chi connectivity index (χ0n) is 10.3. The van der Waals surface area contributed by atoms with Crippen LogP contribution >= 0.6 is 0 Å². The SMILES string of the molecule is CCCNCc1ccccc1Cn1cccn1. The van der Waals surface area contributed by atoms with Gasteiger partial charge in [0.15, 0.2) is 0 Å². The number of rotatable bonds is 6. The van der Waals surface area contributed by atoms with Crippen LogP contribution in [0.5, 0.6) is 0 Å². The van der Waals surface area contributed by atoms with Crippen LogP contribution in [-0.4, -0.2) is 16.3 Å². The Morgan fingerprint density at radius 1 is 1.18 bits per heavy atom. The Morgan fingerprint density at radius 3 is 2.71 bits per heavy atom. The molecule has 0 atom stereocenters. The standard InChI is InChI=1S/C14H19N3/c1-2-8-15-11-13-6-3-4-7-14(13)12-17-10-5-9-16-17/h3-7,9-10,15H,2,8,11-12H2,1H3. The summed E-state index contributed by atoms with van der Waals surface area (Å²) in [7, 11) is 0. The van der Waals surface area contributed by atoms with Crippen LogP contribution in [-0.2, 0) is 13.1 Å². The average Bonchev–Trinajstić information content (AvgIpc) is 2.84. The summed E-state index contributed by atoms with van der Waals surface area (Å²) in [5.74, 6) is 0. The second-order valence-corrected chi connectivity index (χ2v) is 4.15. The van der Waals surface area contributed by atoms with Gasteiger partial charge in [-0.1, -0.05) is 31.2 Å². The van der Waals surface area contributed by atoms with Crippen LogP contribution in [0.4, 0.5) is 0 Å². The summed E-state index contributed by atoms with van der Waals surface area (Å²) in [6.07, 6.45) is 4.98. The zero-order chi connectivity index (χ0) is 11.9. The molecule has 90 valence electrons. The van der Waals surface area contributed by atoms with Crippen molar-refractivity contribution in [2.75, 3.05) is 6.54 Å². The van der Waals surface area contributed by atoms with Crippen LogP contribution in [0.15, 0.2) is 42.7 Å². The zero-order valence-corrected chi connectivity index (χ0v) is 10.3. The van der Waals surface area contributed by atoms with E-state index in [1.165, 1.54) is 17.5 Å². The minimum Gasteiger partial charge on any atom is -0.313 e. The average molecular weight is 229 g/mol. The molecule has 2 aromatic rings. The van der Waals surface area contributed by atoms with Crippen molar-refractivity contribution in [1.82, 2.24) is 15.1 Å². The van der Waals surface area contributed by atoms with Gasteiger partial charge in [0.2, 0.25) is 0 Å². The van der Waals surface area contributed by atoms with Crippen molar-refractivity contribution in [2.45, 2.75) is 26.4 Å². The highest BCUT2D eigenvalue weighted by Gasteiger charge is 2.02. The van der Waals surface area contributed by atoms with Crippen molar-refractivity contribution in [3.8, 4) is 0 Å². The molecule has 0 radical (unpaired) electrons. The molecule has 0 spiro atoms. The van der Waals surface area contributed by atoms with Crippen molar-refractivity contribution in [1.29, 1.82) is 0 Å². The first-order valence-corrected chi connectivity index (χ1v) is 6.15. The van der Waals surface area contributed by atoms with E-state index in [1.54, 1.807) is 0 Å². The molecule has 17 heavy (non-hydrogen) atoms. The van der Waals surface area contributed by atoms with Gasteiger partial charge < -0.3 is 5.32 Å². The number of aromatic nitrogens is 2. The molecule has 0 saturated heterocycles. The second-order valence-electron chi connectivity index (χ2n) is 4.15. The van der Waals surface area contributed by atoms with Crippen molar-refractivity contribution in [2.24, 2.45) is 0 Å². The fourth-order valence-electron chi connectivity index (χ4n) is 1.85. The van der Waals surface area contributed by atoms with Gasteiger partial charge in [-0.3, -0.25) is 4.68 Å². The molecule has 0 aliphatic carbocycles. The van der Waals surface area contributed by atoms with Crippen LogP contribution in [0.25, 0.3) is 0 Å². The van der Waals surface area contributed by atoms with Crippen molar-refractivity contribution < 1.29 is 0 Å². The molecule has 0 unspecified atom stereocenters. The molecular formula is C14H19N3. The molecule has 1 aromatic carbocycles. The molecule has 0 aliphatic heterocycles. The predicted octanol–water partition coefficient (Wildman–Crippen LogP) is 2.43. The number of nitrogens with one attached hydrogen (secondary N) is 1. The fraction of sp³-hybridized carbons (Fsp3) is 0.357. The Morgan fingerprint density at radius 2 is 2.00 bits per heavy atom. The molecular weight excluding hydrogens is 210 g/mol. The fourth-order valence-corrected chi connectivity index (χ4v) is 1.85. The molecule has 3 heteroatoms. The van der Waals surface area contributed by atoms with Gasteiger partial charge in [0.1, 0.15) is 0 Å². The van der Waals surface area contributed by atoms with E-state index in [2.05, 4.69) is 41.6 Å². The van der Waals surface area contributed by atoms with Gasteiger partial charge in [-0.05, 0) is 30.2 Å². The van der Waals surface area contributed by atoms with Crippen molar-refractivity contribution in [3.63, 3.8) is 0 Å². The monoisotopic (exact) mass is 229 g/mol. The molecule has 0 saturated carbocycles. The summed E-state index contributed by atoms with van der Waals surface area (Å²) < 4.78 is 1.96. The van der Waals surface area contributed by atoms with Gasteiger partial charge in [0.05, 0.1) is 6.54 Å². The van der Waals surface area contributed by atoms with Gasteiger partial charge in [-0.15, -0.1) is 0 Å². The molecule has 1 N–H and O–H groups in total. The third kappa shape index (κ3) is 3.43. The number of nitrogens with zero attached hydrogens (tertiary/aromatic N) is 2. The lowest BCUT2D eigenvalue weighted by Gasteiger charge is -2.10. The molecule has 0 amide bonds. The van der Waals surface area contributed by atoms with E-state index in [-0.39, 0.29) is 0 Å². The normalized spacial score (nSPS) is 10.6. The summed E-state index contributed by atoms with van der Waals surface area (Å²) in [5.41, 5.74) is 2.69. The van der Waals surface area contributed by atoms with E-state index in [4.69, 9.17) is 0 Å². The lowest BCUT2D eigenvalue weighted by molar-refractivity contribution is 0.649. The summed E-state index contributed by atoms with van der Waals surface area (Å²) in [6.45, 7) is 5.03. The van der Waals surface area contributed by atoms with Gasteiger partial charge in [-0.2, -0.15) is 5.10 Å². The minimum absolute atomic E-state index is 0.844. The Bertz CT molecular complexity index is 434. The van der Waals surface area contributed by atoms with Crippen LogP contribution in [0.3, 0.4) is 0 Å². The van der Waals surface area contributed by atoms with Gasteiger partial charge in [-0.25, -0.2) is 0 Å². The molecule has 0 aliphatic rings. The summed E-state index contributed by atoms with van der Waals surface area (Å²) in [6, 6.07) is 10.5. The Balaban J connectivity index is 2.05. The van der Waals surface area contributed by atoms with E-state index >= 15 is 0 Å². The first kappa shape index (κ1) is 11.9. The molecule has 0 bridgehead atoms. The van der Waals surface area contributed by atoms with Gasteiger partial charge in [0, 0.05) is 18.9 Å². The minimum atomic E-state index is 0.844. The summed E-state index contributed by atoms with van der Waals surface area (Å²) in [5, 5.41) is 7.69. The molecule has 1 aromatic heterocycles. The highest BCUT2D eigenvalue weighted by Crippen LogP contribution is 2.10. The maximum atomic E-state index is 4.25. The molecule has 1 heterocycles. The van der Waals surface area contributed by atoms with Crippen LogP contribution in [0.1, 0.15) is 24.5 Å². The van der Waals surface area contributed by atoms with E-state index in [0.29, 0.717) is 0 Å². The largest absolute Gasteiger partial charge is 0.313 e. The second kappa shape index (κ2) is 6.21. The lowest BCUT2D eigenvalue weighted by atomic mass is 10.1. The van der Waals surface area contributed by atoms with Crippen LogP contribution < -0.4 is 5.32 Å². The van der Waals surface area contributed by atoms with Crippen molar-refractivity contribution in [3.05, 3.63) is 53.9 Å². The number of hydrogen-bond acceptors (Lipinski definition) is 2. The van der Waals surface area contributed by atoms with E-state index in [0.717, 1.165) is 19.6 Å². The van der Waals surface area contributed by atoms with Crippen LogP contribution in [0.2, 0.25) is 0 Å². The Labute approximate surface area is 102 Å². The third-order valence-corrected chi connectivity index (χ3v) is 2.75. The maximum absolute atomic E-state index is 4.25. The van der Waals surface area contributed by atoms with Crippen LogP contribution in [0, 0.1) is 0 Å². The smallest absolute Gasteiger partial charge is 0.0662 e. The van der Waals surface area contributed by atoms with Gasteiger partial charge >= 0.3 is 0 Å². The quantitative estimate of drug-likeness (QED) is 0.771. The highest BCUT2D eigenvalue weighted by molar-refractivity contribution is 5.27. The third-order valence-electron chi connectivity index (χ3n) is 2.75. The van der Waals surface area contributed by atoms with E-state index in [9.17, 15) is 0 Å². The van der Waals surface area contributed by atoms with E-state index < -0.39 is 0 Å². The summed E-state index contributed by atoms with van der Waals surface area (Å²) >= 11 is 0. The number of hydrogen-bond donors (Lipinski definition) is 1. The highest BCUT2D eigenvalue weighted by atomic mass is 15.3. The molecule has 2 rings (SSSR count). The molecule has 3 nitrogen and oxygen atoms in total. The van der Waals surface area contributed by atoms with E-state index in [1.807, 2.05) is 23.1 Å². The predicted molar refractivity (Wildman–Crippen MR) is 69.8 cm³/mol. The topological polar surface area (TPSA) is 29.9 Å².